The van der Waals surface area contributed by atoms with E-state index in [4.69, 9.17) is 0 Å². The highest BCUT2D eigenvalue weighted by Crippen LogP contribution is 2.02. The Balaban J connectivity index is 2.12. The van der Waals surface area contributed by atoms with Gasteiger partial charge in [-0.1, -0.05) is 26.2 Å². The average Bonchev–Trinajstić information content (AvgIpc) is 2.70. The van der Waals surface area contributed by atoms with E-state index in [0.29, 0.717) is 6.54 Å². The molecule has 0 bridgehead atoms. The first-order valence-corrected chi connectivity index (χ1v) is 6.22. The van der Waals surface area contributed by atoms with Crippen molar-refractivity contribution in [3.63, 3.8) is 0 Å². The molecule has 98 valence electrons. The first-order chi connectivity index (χ1) is 8.22. The summed E-state index contributed by atoms with van der Waals surface area (Å²) in [7, 11) is 0. The van der Waals surface area contributed by atoms with Crippen molar-refractivity contribution in [1.82, 2.24) is 15.1 Å². The molecule has 0 saturated carbocycles. The van der Waals surface area contributed by atoms with Gasteiger partial charge in [-0.05, 0) is 13.0 Å². The summed E-state index contributed by atoms with van der Waals surface area (Å²) < 4.78 is 25.4. The van der Waals surface area contributed by atoms with Gasteiger partial charge in [0.05, 0.1) is 6.20 Å². The molecule has 0 radical (unpaired) electrons. The van der Waals surface area contributed by atoms with Crippen LogP contribution in [0.1, 0.15) is 38.2 Å². The number of aromatic nitrogens is 2. The molecular formula is C12H21F2N3. The molecule has 17 heavy (non-hydrogen) atoms. The first-order valence-electron chi connectivity index (χ1n) is 6.22. The standard InChI is InChI=1S/C12H21F2N3/c1-2-3-4-5-6-15-7-11-8-16-17(9-11)10-12(13)14/h8-9,12,15H,2-7,10H2,1H3. The van der Waals surface area contributed by atoms with Gasteiger partial charge >= 0.3 is 0 Å². The number of rotatable bonds is 9. The van der Waals surface area contributed by atoms with E-state index < -0.39 is 6.43 Å². The van der Waals surface area contributed by atoms with Gasteiger partial charge in [-0.3, -0.25) is 4.68 Å². The summed E-state index contributed by atoms with van der Waals surface area (Å²) in [6.45, 7) is 3.54. The molecular weight excluding hydrogens is 224 g/mol. The number of nitrogens with zero attached hydrogens (tertiary/aromatic N) is 2. The second-order valence-corrected chi connectivity index (χ2v) is 4.20. The van der Waals surface area contributed by atoms with Gasteiger partial charge in [0.25, 0.3) is 6.43 Å². The minimum Gasteiger partial charge on any atom is -0.313 e. The van der Waals surface area contributed by atoms with E-state index >= 15 is 0 Å². The Hall–Kier alpha value is -0.970. The van der Waals surface area contributed by atoms with Crippen molar-refractivity contribution in [1.29, 1.82) is 0 Å². The summed E-state index contributed by atoms with van der Waals surface area (Å²) in [5.41, 5.74) is 0.959. The zero-order valence-electron chi connectivity index (χ0n) is 10.3. The van der Waals surface area contributed by atoms with Gasteiger partial charge in [-0.25, -0.2) is 8.78 Å². The summed E-state index contributed by atoms with van der Waals surface area (Å²) in [6.07, 6.45) is 5.89. The molecule has 1 rings (SSSR count). The first kappa shape index (κ1) is 14.1. The SMILES string of the molecule is CCCCCCNCc1cnn(CC(F)F)c1. The Morgan fingerprint density at radius 2 is 2.18 bits per heavy atom. The third kappa shape index (κ3) is 6.36. The fourth-order valence-corrected chi connectivity index (χ4v) is 1.65. The van der Waals surface area contributed by atoms with Gasteiger partial charge < -0.3 is 5.32 Å². The Morgan fingerprint density at radius 3 is 2.88 bits per heavy atom. The maximum atomic E-state index is 12.1. The molecule has 3 nitrogen and oxygen atoms in total. The minimum atomic E-state index is -2.34. The fourth-order valence-electron chi connectivity index (χ4n) is 1.65. The molecule has 0 aliphatic rings. The molecule has 0 aliphatic carbocycles. The third-order valence-corrected chi connectivity index (χ3v) is 2.55. The van der Waals surface area contributed by atoms with Crippen molar-refractivity contribution in [2.75, 3.05) is 6.54 Å². The van der Waals surface area contributed by atoms with Crippen LogP contribution in [0.5, 0.6) is 0 Å². The van der Waals surface area contributed by atoms with E-state index in [2.05, 4.69) is 17.3 Å². The second kappa shape index (κ2) is 8.17. The number of hydrogen-bond acceptors (Lipinski definition) is 2. The quantitative estimate of drug-likeness (QED) is 0.678. The molecule has 1 N–H and O–H groups in total. The summed E-state index contributed by atoms with van der Waals surface area (Å²) in [6, 6.07) is 0. The van der Waals surface area contributed by atoms with Gasteiger partial charge in [0.2, 0.25) is 0 Å². The van der Waals surface area contributed by atoms with Gasteiger partial charge in [0, 0.05) is 18.3 Å². The van der Waals surface area contributed by atoms with Crippen LogP contribution in [0.15, 0.2) is 12.4 Å². The molecule has 1 aromatic rings. The van der Waals surface area contributed by atoms with Crippen LogP contribution in [-0.2, 0) is 13.1 Å². The Bertz CT molecular complexity index is 300. The largest absolute Gasteiger partial charge is 0.313 e. The third-order valence-electron chi connectivity index (χ3n) is 2.55. The molecule has 0 unspecified atom stereocenters. The highest BCUT2D eigenvalue weighted by atomic mass is 19.3. The molecule has 1 aromatic heterocycles. The predicted octanol–water partition coefficient (Wildman–Crippen LogP) is 2.82. The number of unbranched alkanes of at least 4 members (excludes halogenated alkanes) is 3. The summed E-state index contributed by atoms with van der Waals surface area (Å²) in [4.78, 5) is 0. The van der Waals surface area contributed by atoms with Crippen LogP contribution in [0.3, 0.4) is 0 Å². The lowest BCUT2D eigenvalue weighted by Gasteiger charge is -2.02. The lowest BCUT2D eigenvalue weighted by Crippen LogP contribution is -2.14. The smallest absolute Gasteiger partial charge is 0.257 e. The lowest BCUT2D eigenvalue weighted by atomic mass is 10.2. The minimum absolute atomic E-state index is 0.323. The van der Waals surface area contributed by atoms with E-state index in [1.54, 1.807) is 12.4 Å². The highest BCUT2D eigenvalue weighted by molar-refractivity contribution is 5.03. The van der Waals surface area contributed by atoms with Gasteiger partial charge in [0.1, 0.15) is 6.54 Å². The predicted molar refractivity (Wildman–Crippen MR) is 64.1 cm³/mol. The zero-order valence-corrected chi connectivity index (χ0v) is 10.3. The normalized spacial score (nSPS) is 11.3. The monoisotopic (exact) mass is 245 g/mol. The van der Waals surface area contributed by atoms with Crippen molar-refractivity contribution in [3.05, 3.63) is 18.0 Å². The van der Waals surface area contributed by atoms with E-state index in [1.807, 2.05) is 0 Å². The molecule has 0 aromatic carbocycles. The molecule has 0 aliphatic heterocycles. The topological polar surface area (TPSA) is 29.9 Å². The second-order valence-electron chi connectivity index (χ2n) is 4.20. The van der Waals surface area contributed by atoms with Crippen LogP contribution >= 0.6 is 0 Å². The summed E-state index contributed by atoms with van der Waals surface area (Å²) >= 11 is 0. The van der Waals surface area contributed by atoms with E-state index in [1.165, 1.54) is 30.4 Å². The molecule has 0 saturated heterocycles. The zero-order chi connectivity index (χ0) is 12.5. The van der Waals surface area contributed by atoms with Crippen molar-refractivity contribution < 1.29 is 8.78 Å². The van der Waals surface area contributed by atoms with Crippen LogP contribution in [-0.4, -0.2) is 22.8 Å². The van der Waals surface area contributed by atoms with Gasteiger partial charge in [-0.15, -0.1) is 0 Å². The Morgan fingerprint density at radius 1 is 1.35 bits per heavy atom. The number of hydrogen-bond donors (Lipinski definition) is 1. The molecule has 5 heteroatoms. The van der Waals surface area contributed by atoms with Crippen molar-refractivity contribution in [2.24, 2.45) is 0 Å². The Labute approximate surface area is 101 Å². The molecule has 1 heterocycles. The lowest BCUT2D eigenvalue weighted by molar-refractivity contribution is 0.122. The van der Waals surface area contributed by atoms with Crippen LogP contribution in [0.4, 0.5) is 8.78 Å². The molecule has 0 spiro atoms. The van der Waals surface area contributed by atoms with Crippen molar-refractivity contribution in [3.8, 4) is 0 Å². The maximum Gasteiger partial charge on any atom is 0.257 e. The molecule has 0 amide bonds. The Kier molecular flexibility index (Phi) is 6.77. The van der Waals surface area contributed by atoms with E-state index in [9.17, 15) is 8.78 Å². The van der Waals surface area contributed by atoms with Crippen LogP contribution < -0.4 is 5.32 Å². The van der Waals surface area contributed by atoms with Crippen LogP contribution in [0, 0.1) is 0 Å². The number of nitrogens with one attached hydrogen (secondary N) is 1. The summed E-state index contributed by atoms with van der Waals surface area (Å²) in [5.74, 6) is 0. The van der Waals surface area contributed by atoms with Crippen molar-refractivity contribution >= 4 is 0 Å². The van der Waals surface area contributed by atoms with E-state index in [0.717, 1.165) is 12.1 Å². The molecule has 0 atom stereocenters. The fraction of sp³-hybridized carbons (Fsp3) is 0.750. The van der Waals surface area contributed by atoms with Gasteiger partial charge in [0.15, 0.2) is 0 Å². The van der Waals surface area contributed by atoms with Crippen LogP contribution in [0.2, 0.25) is 0 Å². The van der Waals surface area contributed by atoms with Crippen LogP contribution in [0.25, 0.3) is 0 Å². The molecule has 0 fully saturated rings. The number of alkyl halides is 2. The maximum absolute atomic E-state index is 12.1. The number of halogens is 2. The van der Waals surface area contributed by atoms with Gasteiger partial charge in [-0.2, -0.15) is 5.10 Å². The summed E-state index contributed by atoms with van der Waals surface area (Å²) in [5, 5.41) is 7.17. The average molecular weight is 245 g/mol. The van der Waals surface area contributed by atoms with Crippen molar-refractivity contribution in [2.45, 2.75) is 52.1 Å². The highest BCUT2D eigenvalue weighted by Gasteiger charge is 2.05. The van der Waals surface area contributed by atoms with E-state index in [-0.39, 0.29) is 6.54 Å².